The van der Waals surface area contributed by atoms with Crippen LogP contribution in [0.3, 0.4) is 0 Å². The number of aliphatic hydroxyl groups is 1. The maximum Gasteiger partial charge on any atom is 0.326 e. The van der Waals surface area contributed by atoms with Gasteiger partial charge in [-0.05, 0) is 5.92 Å². The molecule has 5 unspecified atom stereocenters. The number of nitrogens with two attached hydrogens (primary N) is 1. The first-order valence-corrected chi connectivity index (χ1v) is 9.44. The number of thiol groups is 1. The number of amides is 3. The van der Waals surface area contributed by atoms with E-state index in [9.17, 15) is 34.2 Å². The summed E-state index contributed by atoms with van der Waals surface area (Å²) < 4.78 is 0. The number of aliphatic hydroxyl groups excluding tert-OH is 1. The lowest BCUT2D eigenvalue weighted by molar-refractivity contribution is -0.143. The van der Waals surface area contributed by atoms with Gasteiger partial charge in [0.15, 0.2) is 0 Å². The molecule has 166 valence electrons. The molecule has 0 aromatic carbocycles. The summed E-state index contributed by atoms with van der Waals surface area (Å²) in [6.07, 6.45) is -0.191. The van der Waals surface area contributed by atoms with E-state index in [0.717, 1.165) is 0 Å². The van der Waals surface area contributed by atoms with Crippen molar-refractivity contribution in [3.05, 3.63) is 0 Å². The molecule has 5 atom stereocenters. The minimum absolute atomic E-state index is 0.185. The Hall–Kier alpha value is -2.38. The molecule has 0 saturated heterocycles. The number of rotatable bonds is 13. The van der Waals surface area contributed by atoms with E-state index in [1.54, 1.807) is 13.8 Å². The summed E-state index contributed by atoms with van der Waals surface area (Å²) in [5.74, 6) is -5.83. The van der Waals surface area contributed by atoms with Gasteiger partial charge in [-0.15, -0.1) is 0 Å². The third-order valence-corrected chi connectivity index (χ3v) is 4.50. The lowest BCUT2D eigenvalue weighted by atomic mass is 9.99. The van der Waals surface area contributed by atoms with E-state index >= 15 is 0 Å². The number of hydrogen-bond donors (Lipinski definition) is 8. The highest BCUT2D eigenvalue weighted by Crippen LogP contribution is 2.08. The number of nitrogens with one attached hydrogen (secondary N) is 3. The van der Waals surface area contributed by atoms with Gasteiger partial charge < -0.3 is 37.0 Å². The molecule has 12 nitrogen and oxygen atoms in total. The zero-order chi connectivity index (χ0) is 22.7. The summed E-state index contributed by atoms with van der Waals surface area (Å²) in [6, 6.07) is -5.35. The van der Waals surface area contributed by atoms with E-state index in [0.29, 0.717) is 6.42 Å². The molecule has 0 bridgehead atoms. The summed E-state index contributed by atoms with van der Waals surface area (Å²) in [7, 11) is 0. The highest BCUT2D eigenvalue weighted by molar-refractivity contribution is 7.80. The Morgan fingerprint density at radius 1 is 0.966 bits per heavy atom. The predicted octanol–water partition coefficient (Wildman–Crippen LogP) is -2.70. The number of carbonyl (C=O) groups is 5. The Morgan fingerprint density at radius 2 is 1.48 bits per heavy atom. The van der Waals surface area contributed by atoms with Gasteiger partial charge in [-0.25, -0.2) is 4.79 Å². The average molecular weight is 436 g/mol. The van der Waals surface area contributed by atoms with Crippen LogP contribution in [-0.2, 0) is 24.0 Å². The van der Waals surface area contributed by atoms with Gasteiger partial charge in [0.2, 0.25) is 17.7 Å². The molecule has 0 aliphatic rings. The second-order valence-electron chi connectivity index (χ2n) is 6.40. The average Bonchev–Trinajstić information content (AvgIpc) is 2.66. The minimum Gasteiger partial charge on any atom is -0.481 e. The molecule has 29 heavy (non-hydrogen) atoms. The van der Waals surface area contributed by atoms with Crippen LogP contribution >= 0.6 is 12.6 Å². The second kappa shape index (κ2) is 13.0. The van der Waals surface area contributed by atoms with Crippen molar-refractivity contribution in [3.63, 3.8) is 0 Å². The van der Waals surface area contributed by atoms with Crippen LogP contribution in [0.25, 0.3) is 0 Å². The summed E-state index contributed by atoms with van der Waals surface area (Å²) in [6.45, 7) is 2.56. The summed E-state index contributed by atoms with van der Waals surface area (Å²) in [4.78, 5) is 58.3. The molecule has 0 radical (unpaired) electrons. The second-order valence-corrected chi connectivity index (χ2v) is 6.77. The molecule has 0 spiro atoms. The van der Waals surface area contributed by atoms with Gasteiger partial charge in [0.05, 0.1) is 19.1 Å². The molecule has 0 aromatic rings. The van der Waals surface area contributed by atoms with E-state index in [-0.39, 0.29) is 11.7 Å². The zero-order valence-corrected chi connectivity index (χ0v) is 17.0. The first-order chi connectivity index (χ1) is 13.5. The van der Waals surface area contributed by atoms with Gasteiger partial charge in [0.25, 0.3) is 0 Å². The number of hydrogen-bond acceptors (Lipinski definition) is 8. The predicted molar refractivity (Wildman–Crippen MR) is 104 cm³/mol. The van der Waals surface area contributed by atoms with Crippen LogP contribution in [0.15, 0.2) is 0 Å². The van der Waals surface area contributed by atoms with Gasteiger partial charge in [0, 0.05) is 5.75 Å². The molecule has 0 aliphatic carbocycles. The lowest BCUT2D eigenvalue weighted by Gasteiger charge is -2.25. The molecule has 13 heteroatoms. The Morgan fingerprint density at radius 3 is 1.90 bits per heavy atom. The molecule has 0 aromatic heterocycles. The van der Waals surface area contributed by atoms with Crippen molar-refractivity contribution in [3.8, 4) is 0 Å². The third-order valence-electron chi connectivity index (χ3n) is 4.14. The highest BCUT2D eigenvalue weighted by atomic mass is 32.1. The Labute approximate surface area is 173 Å². The fourth-order valence-electron chi connectivity index (χ4n) is 2.16. The number of aliphatic carboxylic acids is 2. The normalized spacial score (nSPS) is 15.9. The van der Waals surface area contributed by atoms with Crippen LogP contribution in [0.2, 0.25) is 0 Å². The van der Waals surface area contributed by atoms with E-state index < -0.39 is 66.9 Å². The molecule has 0 aliphatic heterocycles. The lowest BCUT2D eigenvalue weighted by Crippen LogP contribution is -2.59. The molecule has 8 N–H and O–H groups in total. The summed E-state index contributed by atoms with van der Waals surface area (Å²) in [5, 5.41) is 33.9. The third kappa shape index (κ3) is 9.11. The van der Waals surface area contributed by atoms with Crippen LogP contribution in [0, 0.1) is 5.92 Å². The maximum absolute atomic E-state index is 12.3. The minimum atomic E-state index is -1.50. The van der Waals surface area contributed by atoms with Gasteiger partial charge in [-0.2, -0.15) is 12.6 Å². The Kier molecular flexibility index (Phi) is 11.9. The van der Waals surface area contributed by atoms with Gasteiger partial charge in [-0.1, -0.05) is 20.3 Å². The number of carboxylic acids is 2. The monoisotopic (exact) mass is 436 g/mol. The molecule has 3 amide bonds. The van der Waals surface area contributed by atoms with Crippen molar-refractivity contribution in [2.24, 2.45) is 11.7 Å². The van der Waals surface area contributed by atoms with Crippen molar-refractivity contribution in [2.75, 3.05) is 12.4 Å². The van der Waals surface area contributed by atoms with Crippen molar-refractivity contribution in [2.45, 2.75) is 50.9 Å². The first kappa shape index (κ1) is 26.6. The van der Waals surface area contributed by atoms with Gasteiger partial charge in [-0.3, -0.25) is 19.2 Å². The summed E-state index contributed by atoms with van der Waals surface area (Å²) >= 11 is 3.96. The maximum atomic E-state index is 12.3. The zero-order valence-electron chi connectivity index (χ0n) is 16.1. The molecular weight excluding hydrogens is 408 g/mol. The van der Waals surface area contributed by atoms with E-state index in [1.807, 2.05) is 0 Å². The van der Waals surface area contributed by atoms with Crippen LogP contribution in [0.5, 0.6) is 0 Å². The van der Waals surface area contributed by atoms with Crippen LogP contribution in [0.4, 0.5) is 0 Å². The molecule has 0 rings (SSSR count). The Bertz CT molecular complexity index is 618. The highest BCUT2D eigenvalue weighted by Gasteiger charge is 2.31. The number of carbonyl (C=O) groups excluding carboxylic acids is 3. The number of carboxylic acid groups (broad SMARTS) is 2. The van der Waals surface area contributed by atoms with Crippen molar-refractivity contribution >= 4 is 42.3 Å². The van der Waals surface area contributed by atoms with Crippen molar-refractivity contribution in [1.29, 1.82) is 0 Å². The molecule has 0 saturated carbocycles. The van der Waals surface area contributed by atoms with Gasteiger partial charge in [0.1, 0.15) is 18.1 Å². The first-order valence-electron chi connectivity index (χ1n) is 8.81. The topological polar surface area (TPSA) is 208 Å². The smallest absolute Gasteiger partial charge is 0.326 e. The fourth-order valence-corrected chi connectivity index (χ4v) is 2.41. The SMILES string of the molecule is CCC(C)C(NC(=O)C(CS)NC(=O)C(CO)NC(=O)C(N)CC(=O)O)C(=O)O. The molecule has 0 fully saturated rings. The van der Waals surface area contributed by atoms with Crippen molar-refractivity contribution in [1.82, 2.24) is 16.0 Å². The van der Waals surface area contributed by atoms with Crippen LogP contribution in [-0.4, -0.2) is 81.5 Å². The van der Waals surface area contributed by atoms with Crippen LogP contribution in [0.1, 0.15) is 26.7 Å². The van der Waals surface area contributed by atoms with Crippen molar-refractivity contribution < 1.29 is 39.3 Å². The largest absolute Gasteiger partial charge is 0.481 e. The van der Waals surface area contributed by atoms with Gasteiger partial charge >= 0.3 is 11.9 Å². The quantitative estimate of drug-likeness (QED) is 0.141. The van der Waals surface area contributed by atoms with E-state index in [4.69, 9.17) is 10.8 Å². The van der Waals surface area contributed by atoms with E-state index in [2.05, 4.69) is 28.6 Å². The molecular formula is C16H28N4O8S. The fraction of sp³-hybridized carbons (Fsp3) is 0.688. The Balaban J connectivity index is 5.04. The van der Waals surface area contributed by atoms with Crippen LogP contribution < -0.4 is 21.7 Å². The standard InChI is InChI=1S/C16H28N4O8S/c1-3-7(2)12(16(27)28)20-15(26)10(6-29)19-14(25)9(5-21)18-13(24)8(17)4-11(22)23/h7-10,12,21,29H,3-6,17H2,1-2H3,(H,18,24)(H,19,25)(H,20,26)(H,22,23)(H,27,28). The molecule has 0 heterocycles. The summed E-state index contributed by atoms with van der Waals surface area (Å²) in [5.41, 5.74) is 5.38. The van der Waals surface area contributed by atoms with E-state index in [1.165, 1.54) is 0 Å².